The van der Waals surface area contributed by atoms with Crippen molar-refractivity contribution < 1.29 is 9.72 Å². The number of benzene rings is 2. The fraction of sp³-hybridized carbons (Fsp3) is 0.100. The van der Waals surface area contributed by atoms with Gasteiger partial charge in [0.2, 0.25) is 0 Å². The van der Waals surface area contributed by atoms with E-state index >= 15 is 0 Å². The third-order valence-electron chi connectivity index (χ3n) is 3.84. The van der Waals surface area contributed by atoms with Gasteiger partial charge in [-0.05, 0) is 49.2 Å². The lowest BCUT2D eigenvalue weighted by molar-refractivity contribution is -0.387. The largest absolute Gasteiger partial charge is 0.321 e. The van der Waals surface area contributed by atoms with Crippen LogP contribution in [0.15, 0.2) is 57.3 Å². The molecule has 1 N–H and O–H groups in total. The number of nitrogens with one attached hydrogen (secondary N) is 1. The molecule has 0 radical (unpaired) electrons. The summed E-state index contributed by atoms with van der Waals surface area (Å²) in [7, 11) is 0. The van der Waals surface area contributed by atoms with Crippen molar-refractivity contribution in [3.8, 4) is 6.07 Å². The number of aromatic nitrogens is 2. The van der Waals surface area contributed by atoms with Crippen molar-refractivity contribution in [1.82, 2.24) is 10.2 Å². The van der Waals surface area contributed by atoms with Crippen molar-refractivity contribution in [2.75, 3.05) is 5.32 Å². The minimum Gasteiger partial charge on any atom is -0.321 e. The van der Waals surface area contributed by atoms with Gasteiger partial charge in [0, 0.05) is 11.8 Å². The molecule has 30 heavy (non-hydrogen) atoms. The molecule has 0 bridgehead atoms. The maximum atomic E-state index is 12.4. The molecule has 10 heteroatoms. The molecule has 0 aliphatic carbocycles. The Morgan fingerprint density at radius 1 is 1.27 bits per heavy atom. The predicted molar refractivity (Wildman–Crippen MR) is 115 cm³/mol. The van der Waals surface area contributed by atoms with Crippen LogP contribution in [0.5, 0.6) is 0 Å². The number of carbonyl (C=O) groups is 1. The van der Waals surface area contributed by atoms with Gasteiger partial charge in [0.1, 0.15) is 16.6 Å². The number of anilines is 1. The van der Waals surface area contributed by atoms with E-state index < -0.39 is 10.8 Å². The van der Waals surface area contributed by atoms with Crippen LogP contribution in [0.25, 0.3) is 6.08 Å². The first kappa shape index (κ1) is 21.2. The highest BCUT2D eigenvalue weighted by Gasteiger charge is 2.18. The Bertz CT molecular complexity index is 1200. The number of amides is 1. The van der Waals surface area contributed by atoms with Gasteiger partial charge >= 0.3 is 0 Å². The molecule has 0 atom stereocenters. The van der Waals surface area contributed by atoms with E-state index in [1.54, 1.807) is 37.3 Å². The Hall–Kier alpha value is -3.55. The van der Waals surface area contributed by atoms with Gasteiger partial charge in [-0.25, -0.2) is 0 Å². The number of hydrogen-bond donors (Lipinski definition) is 1. The molecule has 0 saturated heterocycles. The number of nitro benzene ring substituents is 1. The zero-order valence-electron chi connectivity index (χ0n) is 15.9. The van der Waals surface area contributed by atoms with Gasteiger partial charge in [-0.1, -0.05) is 41.3 Å². The number of carbonyl (C=O) groups excluding carboxylic acids is 1. The number of nitro groups is 1. The second-order valence-corrected chi connectivity index (χ2v) is 8.64. The van der Waals surface area contributed by atoms with Crippen molar-refractivity contribution in [2.24, 2.45) is 0 Å². The van der Waals surface area contributed by atoms with Gasteiger partial charge in [-0.2, -0.15) is 5.26 Å². The van der Waals surface area contributed by atoms with E-state index in [1.165, 1.54) is 23.5 Å². The van der Waals surface area contributed by atoms with E-state index in [1.807, 2.05) is 19.1 Å². The van der Waals surface area contributed by atoms with E-state index in [-0.39, 0.29) is 11.3 Å². The molecule has 0 spiro atoms. The molecule has 150 valence electrons. The highest BCUT2D eigenvalue weighted by Crippen LogP contribution is 2.36. The van der Waals surface area contributed by atoms with Gasteiger partial charge < -0.3 is 5.32 Å². The smallest absolute Gasteiger partial charge is 0.283 e. The summed E-state index contributed by atoms with van der Waals surface area (Å²) in [5.74, 6) is -0.589. The van der Waals surface area contributed by atoms with E-state index in [9.17, 15) is 20.2 Å². The second-order valence-electron chi connectivity index (χ2n) is 6.17. The van der Waals surface area contributed by atoms with Crippen molar-refractivity contribution in [3.05, 3.63) is 74.3 Å². The van der Waals surface area contributed by atoms with Crippen LogP contribution < -0.4 is 5.32 Å². The molecule has 0 aliphatic rings. The van der Waals surface area contributed by atoms with Crippen LogP contribution in [0, 0.1) is 35.3 Å². The van der Waals surface area contributed by atoms with E-state index in [0.29, 0.717) is 20.5 Å². The van der Waals surface area contributed by atoms with Crippen molar-refractivity contribution in [1.29, 1.82) is 5.26 Å². The first-order valence-corrected chi connectivity index (χ1v) is 10.2. The number of rotatable bonds is 6. The lowest BCUT2D eigenvalue weighted by Gasteiger charge is -2.06. The average molecular weight is 438 g/mol. The molecule has 3 aromatic rings. The second kappa shape index (κ2) is 9.30. The zero-order chi connectivity index (χ0) is 21.7. The van der Waals surface area contributed by atoms with Crippen LogP contribution >= 0.6 is 23.1 Å². The zero-order valence-corrected chi connectivity index (χ0v) is 17.6. The predicted octanol–water partition coefficient (Wildman–Crippen LogP) is 4.76. The third-order valence-corrected chi connectivity index (χ3v) is 5.79. The fourth-order valence-electron chi connectivity index (χ4n) is 2.50. The molecular formula is C20H15N5O3S2. The Morgan fingerprint density at radius 2 is 2.07 bits per heavy atom. The van der Waals surface area contributed by atoms with Gasteiger partial charge in [-0.3, -0.25) is 14.9 Å². The maximum absolute atomic E-state index is 12.4. The number of nitrogens with zero attached hydrogens (tertiary/aromatic N) is 4. The summed E-state index contributed by atoms with van der Waals surface area (Å²) >= 11 is 2.48. The SMILES string of the molecule is Cc1cccc(NC(=O)/C(C#N)=C/c2ccc(Sc3nnc(C)s3)c([N+](=O)[O-])c2)c1. The molecule has 1 heterocycles. The summed E-state index contributed by atoms with van der Waals surface area (Å²) in [6, 6.07) is 13.5. The highest BCUT2D eigenvalue weighted by molar-refractivity contribution is 8.01. The van der Waals surface area contributed by atoms with Crippen molar-refractivity contribution in [3.63, 3.8) is 0 Å². The van der Waals surface area contributed by atoms with E-state index in [4.69, 9.17) is 0 Å². The minimum absolute atomic E-state index is 0.141. The molecule has 0 saturated carbocycles. The molecule has 2 aromatic carbocycles. The fourth-order valence-corrected chi connectivity index (χ4v) is 4.36. The van der Waals surface area contributed by atoms with Crippen LogP contribution in [-0.4, -0.2) is 21.0 Å². The van der Waals surface area contributed by atoms with Crippen LogP contribution in [-0.2, 0) is 4.79 Å². The number of nitriles is 1. The molecular weight excluding hydrogens is 422 g/mol. The molecule has 0 fully saturated rings. The van der Waals surface area contributed by atoms with Gasteiger partial charge in [0.05, 0.1) is 9.82 Å². The summed E-state index contributed by atoms with van der Waals surface area (Å²) in [5.41, 5.74) is 1.59. The van der Waals surface area contributed by atoms with Crippen molar-refractivity contribution >= 4 is 46.5 Å². The monoisotopic (exact) mass is 437 g/mol. The van der Waals surface area contributed by atoms with E-state index in [2.05, 4.69) is 15.5 Å². The summed E-state index contributed by atoms with van der Waals surface area (Å²) in [6.45, 7) is 3.69. The van der Waals surface area contributed by atoms with Crippen molar-refractivity contribution in [2.45, 2.75) is 23.1 Å². The molecule has 0 unspecified atom stereocenters. The van der Waals surface area contributed by atoms with Crippen LogP contribution in [0.3, 0.4) is 0 Å². The highest BCUT2D eigenvalue weighted by atomic mass is 32.2. The lowest BCUT2D eigenvalue weighted by atomic mass is 10.1. The topological polar surface area (TPSA) is 122 Å². The Labute approximate surface area is 180 Å². The summed E-state index contributed by atoms with van der Waals surface area (Å²) in [4.78, 5) is 23.9. The molecule has 3 rings (SSSR count). The normalized spacial score (nSPS) is 11.0. The minimum atomic E-state index is -0.589. The molecule has 8 nitrogen and oxygen atoms in total. The van der Waals surface area contributed by atoms with Crippen LogP contribution in [0.1, 0.15) is 16.1 Å². The third kappa shape index (κ3) is 5.28. The molecule has 1 amide bonds. The Kier molecular flexibility index (Phi) is 6.56. The lowest BCUT2D eigenvalue weighted by Crippen LogP contribution is -2.13. The van der Waals surface area contributed by atoms with E-state index in [0.717, 1.165) is 22.3 Å². The van der Waals surface area contributed by atoms with Gasteiger partial charge in [0.15, 0.2) is 4.34 Å². The standard InChI is InChI=1S/C20H15N5O3S2/c1-12-4-3-5-16(8-12)22-19(26)15(11-21)9-14-6-7-18(17(10-14)25(27)28)30-20-24-23-13(2)29-20/h3-10H,1-2H3,(H,22,26)/b15-9+. The Morgan fingerprint density at radius 3 is 2.70 bits per heavy atom. The number of aryl methyl sites for hydroxylation is 2. The Balaban J connectivity index is 1.86. The maximum Gasteiger partial charge on any atom is 0.283 e. The van der Waals surface area contributed by atoms with Gasteiger partial charge in [-0.15, -0.1) is 10.2 Å². The molecule has 1 aromatic heterocycles. The quantitative estimate of drug-likeness (QED) is 0.255. The summed E-state index contributed by atoms with van der Waals surface area (Å²) in [6.07, 6.45) is 1.32. The first-order chi connectivity index (χ1) is 14.4. The molecule has 0 aliphatic heterocycles. The first-order valence-electron chi connectivity index (χ1n) is 8.62. The summed E-state index contributed by atoms with van der Waals surface area (Å²) < 4.78 is 0.592. The number of hydrogen-bond acceptors (Lipinski definition) is 8. The van der Waals surface area contributed by atoms with Crippen LogP contribution in [0.4, 0.5) is 11.4 Å². The summed E-state index contributed by atoms with van der Waals surface area (Å²) in [5, 5.41) is 32.2. The average Bonchev–Trinajstić information content (AvgIpc) is 3.11. The van der Waals surface area contributed by atoms with Crippen LogP contribution in [0.2, 0.25) is 0 Å². The van der Waals surface area contributed by atoms with Gasteiger partial charge in [0.25, 0.3) is 11.6 Å².